The number of aryl methyl sites for hydroxylation is 1. The van der Waals surface area contributed by atoms with Crippen molar-refractivity contribution in [2.75, 3.05) is 24.7 Å². The highest BCUT2D eigenvalue weighted by Gasteiger charge is 2.28. The number of sulfonamides is 1. The van der Waals surface area contributed by atoms with E-state index >= 15 is 0 Å². The Morgan fingerprint density at radius 2 is 1.79 bits per heavy atom. The molecule has 1 aliphatic carbocycles. The molecule has 15 heteroatoms. The standard InChI is InChI=1S/C28H41N7O7S/c1-17-13-25(37)42-23-15-19(10-11-20(17)23)33-27(39)21(9-6-12-31-28(29)30)34-24(36)16-32-26(38)22(35-43(2,40)41)14-18-7-4-3-5-8-18/h10-11,13,15,18,21-22,35H,3-9,12,14,16H2,1-2H3,(H,32,38)(H,33,39)(H,34,36)(H4,29,30,31)/t21-,22+/m0/s1. The molecule has 8 N–H and O–H groups in total. The molecule has 0 saturated heterocycles. The molecule has 1 aromatic carbocycles. The first-order valence-corrected chi connectivity index (χ1v) is 16.1. The van der Waals surface area contributed by atoms with E-state index < -0.39 is 52.0 Å². The zero-order valence-corrected chi connectivity index (χ0v) is 25.3. The van der Waals surface area contributed by atoms with E-state index in [1.807, 2.05) is 0 Å². The number of aliphatic imine (C=N–C) groups is 1. The molecule has 1 saturated carbocycles. The van der Waals surface area contributed by atoms with Gasteiger partial charge in [0, 0.05) is 29.8 Å². The zero-order chi connectivity index (χ0) is 31.6. The second kappa shape index (κ2) is 15.5. The predicted molar refractivity (Wildman–Crippen MR) is 164 cm³/mol. The van der Waals surface area contributed by atoms with Crippen molar-refractivity contribution in [3.8, 4) is 0 Å². The van der Waals surface area contributed by atoms with E-state index in [9.17, 15) is 27.6 Å². The van der Waals surface area contributed by atoms with E-state index in [1.54, 1.807) is 19.1 Å². The van der Waals surface area contributed by atoms with Crippen LogP contribution in [0.2, 0.25) is 0 Å². The van der Waals surface area contributed by atoms with Gasteiger partial charge in [0.15, 0.2) is 5.96 Å². The first-order valence-electron chi connectivity index (χ1n) is 14.3. The Labute approximate surface area is 250 Å². The number of nitrogens with one attached hydrogen (secondary N) is 4. The lowest BCUT2D eigenvalue weighted by Crippen LogP contribution is -2.51. The number of hydrogen-bond acceptors (Lipinski definition) is 8. The summed E-state index contributed by atoms with van der Waals surface area (Å²) in [5.41, 5.74) is 11.6. The molecule has 2 aromatic rings. The summed E-state index contributed by atoms with van der Waals surface area (Å²) in [5, 5.41) is 8.54. The Hall–Kier alpha value is -3.98. The van der Waals surface area contributed by atoms with Gasteiger partial charge >= 0.3 is 5.63 Å². The van der Waals surface area contributed by atoms with Crippen molar-refractivity contribution in [2.45, 2.75) is 70.4 Å². The molecule has 1 aliphatic rings. The van der Waals surface area contributed by atoms with E-state index in [0.29, 0.717) is 29.5 Å². The lowest BCUT2D eigenvalue weighted by atomic mass is 9.85. The van der Waals surface area contributed by atoms with Gasteiger partial charge < -0.3 is 31.8 Å². The number of benzene rings is 1. The van der Waals surface area contributed by atoms with Crippen molar-refractivity contribution in [2.24, 2.45) is 22.4 Å². The average Bonchev–Trinajstić information content (AvgIpc) is 2.92. The number of guanidine groups is 1. The third kappa shape index (κ3) is 11.3. The Morgan fingerprint density at radius 3 is 2.47 bits per heavy atom. The highest BCUT2D eigenvalue weighted by atomic mass is 32.2. The van der Waals surface area contributed by atoms with Gasteiger partial charge in [-0.15, -0.1) is 0 Å². The number of carbonyl (C=O) groups is 3. The molecule has 0 aliphatic heterocycles. The van der Waals surface area contributed by atoms with E-state index in [0.717, 1.165) is 43.9 Å². The summed E-state index contributed by atoms with van der Waals surface area (Å²) in [5.74, 6) is -1.71. The molecule has 0 unspecified atom stereocenters. The molecular formula is C28H41N7O7S. The van der Waals surface area contributed by atoms with Crippen LogP contribution in [0.3, 0.4) is 0 Å². The molecule has 43 heavy (non-hydrogen) atoms. The Bertz CT molecular complexity index is 1500. The minimum atomic E-state index is -3.67. The van der Waals surface area contributed by atoms with Crippen LogP contribution in [0.4, 0.5) is 5.69 Å². The number of nitrogens with zero attached hydrogens (tertiary/aromatic N) is 1. The number of nitrogens with two attached hydrogens (primary N) is 2. The van der Waals surface area contributed by atoms with Gasteiger partial charge in [-0.25, -0.2) is 17.9 Å². The summed E-state index contributed by atoms with van der Waals surface area (Å²) < 4.78 is 31.4. The van der Waals surface area contributed by atoms with Crippen LogP contribution in [0.5, 0.6) is 0 Å². The van der Waals surface area contributed by atoms with Crippen molar-refractivity contribution in [1.82, 2.24) is 15.4 Å². The molecule has 1 heterocycles. The Morgan fingerprint density at radius 1 is 1.07 bits per heavy atom. The summed E-state index contributed by atoms with van der Waals surface area (Å²) in [4.78, 5) is 54.7. The largest absolute Gasteiger partial charge is 0.423 e. The molecule has 1 aromatic heterocycles. The molecule has 0 spiro atoms. The SMILES string of the molecule is Cc1cc(=O)oc2cc(NC(=O)[C@H](CCCN=C(N)N)NC(=O)CNC(=O)[C@@H](CC3CCCCC3)NS(C)(=O)=O)ccc12. The smallest absolute Gasteiger partial charge is 0.336 e. The topological polar surface area (TPSA) is 228 Å². The molecule has 3 amide bonds. The van der Waals surface area contributed by atoms with Crippen LogP contribution in [-0.4, -0.2) is 63.5 Å². The number of fused-ring (bicyclic) bond motifs is 1. The van der Waals surface area contributed by atoms with Crippen LogP contribution in [0, 0.1) is 12.8 Å². The first-order chi connectivity index (χ1) is 20.3. The first kappa shape index (κ1) is 33.5. The Balaban J connectivity index is 1.66. The van der Waals surface area contributed by atoms with E-state index in [-0.39, 0.29) is 24.8 Å². The molecular weight excluding hydrogens is 578 g/mol. The summed E-state index contributed by atoms with van der Waals surface area (Å²) >= 11 is 0. The fourth-order valence-corrected chi connectivity index (χ4v) is 5.88. The zero-order valence-electron chi connectivity index (χ0n) is 24.5. The summed E-state index contributed by atoms with van der Waals surface area (Å²) in [6.07, 6.45) is 6.84. The van der Waals surface area contributed by atoms with Crippen molar-refractivity contribution in [1.29, 1.82) is 0 Å². The summed E-state index contributed by atoms with van der Waals surface area (Å²) in [6.45, 7) is 1.52. The second-order valence-corrected chi connectivity index (χ2v) is 12.7. The van der Waals surface area contributed by atoms with Gasteiger partial charge in [0.25, 0.3) is 0 Å². The average molecular weight is 620 g/mol. The monoisotopic (exact) mass is 619 g/mol. The lowest BCUT2D eigenvalue weighted by molar-refractivity contribution is -0.129. The molecule has 1 fully saturated rings. The normalized spacial score (nSPS) is 15.3. The van der Waals surface area contributed by atoms with Gasteiger partial charge in [-0.2, -0.15) is 0 Å². The minimum Gasteiger partial charge on any atom is -0.423 e. The van der Waals surface area contributed by atoms with Crippen LogP contribution in [0.1, 0.15) is 56.9 Å². The third-order valence-corrected chi connectivity index (χ3v) is 7.92. The number of anilines is 1. The van der Waals surface area contributed by atoms with Crippen molar-refractivity contribution in [3.05, 3.63) is 40.2 Å². The van der Waals surface area contributed by atoms with Crippen molar-refractivity contribution >= 4 is 50.4 Å². The maximum Gasteiger partial charge on any atom is 0.336 e. The van der Waals surface area contributed by atoms with Gasteiger partial charge in [0.05, 0.1) is 12.8 Å². The molecule has 2 atom stereocenters. The van der Waals surface area contributed by atoms with Gasteiger partial charge in [0.2, 0.25) is 27.7 Å². The highest BCUT2D eigenvalue weighted by molar-refractivity contribution is 7.88. The van der Waals surface area contributed by atoms with Gasteiger partial charge in [-0.3, -0.25) is 19.4 Å². The van der Waals surface area contributed by atoms with Crippen LogP contribution in [0.25, 0.3) is 11.0 Å². The third-order valence-electron chi connectivity index (χ3n) is 7.21. The van der Waals surface area contributed by atoms with Crippen LogP contribution < -0.4 is 37.8 Å². The van der Waals surface area contributed by atoms with E-state index in [4.69, 9.17) is 15.9 Å². The number of carbonyl (C=O) groups excluding carboxylic acids is 3. The fraction of sp³-hybridized carbons (Fsp3) is 0.536. The van der Waals surface area contributed by atoms with Crippen LogP contribution in [-0.2, 0) is 24.4 Å². The lowest BCUT2D eigenvalue weighted by Gasteiger charge is -2.26. The molecule has 14 nitrogen and oxygen atoms in total. The highest BCUT2D eigenvalue weighted by Crippen LogP contribution is 2.27. The number of hydrogen-bond donors (Lipinski definition) is 6. The second-order valence-electron chi connectivity index (χ2n) is 10.9. The molecule has 236 valence electrons. The van der Waals surface area contributed by atoms with Crippen molar-refractivity contribution < 1.29 is 27.2 Å². The number of rotatable bonds is 14. The Kier molecular flexibility index (Phi) is 12.1. The van der Waals surface area contributed by atoms with Crippen molar-refractivity contribution in [3.63, 3.8) is 0 Å². The van der Waals surface area contributed by atoms with Gasteiger partial charge in [-0.1, -0.05) is 32.1 Å². The predicted octanol–water partition coefficient (Wildman–Crippen LogP) is 0.583. The maximum atomic E-state index is 13.2. The quantitative estimate of drug-likeness (QED) is 0.0751. The van der Waals surface area contributed by atoms with Crippen LogP contribution >= 0.6 is 0 Å². The molecule has 3 rings (SSSR count). The summed E-state index contributed by atoms with van der Waals surface area (Å²) in [7, 11) is -3.67. The minimum absolute atomic E-state index is 0.105. The molecule has 0 bridgehead atoms. The van der Waals surface area contributed by atoms with Gasteiger partial charge in [-0.05, 0) is 49.8 Å². The fourth-order valence-electron chi connectivity index (χ4n) is 5.16. The van der Waals surface area contributed by atoms with Crippen LogP contribution in [0.15, 0.2) is 38.5 Å². The number of amides is 3. The summed E-state index contributed by atoms with van der Waals surface area (Å²) in [6, 6.07) is 4.21. The van der Waals surface area contributed by atoms with E-state index in [1.165, 1.54) is 12.1 Å². The van der Waals surface area contributed by atoms with Gasteiger partial charge in [0.1, 0.15) is 17.7 Å². The van der Waals surface area contributed by atoms with E-state index in [2.05, 4.69) is 25.7 Å². The molecule has 0 radical (unpaired) electrons. The maximum absolute atomic E-state index is 13.2.